The van der Waals surface area contributed by atoms with Gasteiger partial charge in [0.1, 0.15) is 23.0 Å². The molecule has 0 radical (unpaired) electrons. The van der Waals surface area contributed by atoms with Gasteiger partial charge in [0, 0.05) is 29.3 Å². The Labute approximate surface area is 170 Å². The Morgan fingerprint density at radius 1 is 0.966 bits per heavy atom. The Balaban J connectivity index is 2.12. The van der Waals surface area contributed by atoms with Gasteiger partial charge in [0.15, 0.2) is 0 Å². The van der Waals surface area contributed by atoms with Crippen molar-refractivity contribution in [3.63, 3.8) is 0 Å². The van der Waals surface area contributed by atoms with Crippen molar-refractivity contribution in [3.05, 3.63) is 47.0 Å². The Bertz CT molecular complexity index is 1110. The molecular weight excluding hydrogens is 366 g/mol. The van der Waals surface area contributed by atoms with E-state index in [4.69, 9.17) is 9.47 Å². The number of phenolic OH excluding ortho intramolecular Hbond substituents is 2. The van der Waals surface area contributed by atoms with Crippen molar-refractivity contribution < 1.29 is 19.7 Å². The molecule has 0 aliphatic carbocycles. The molecule has 0 saturated carbocycles. The Hall–Kier alpha value is -2.92. The van der Waals surface area contributed by atoms with Crippen LogP contribution < -0.4 is 14.8 Å². The van der Waals surface area contributed by atoms with Crippen molar-refractivity contribution >= 4 is 10.8 Å². The van der Waals surface area contributed by atoms with Gasteiger partial charge in [-0.3, -0.25) is 0 Å². The molecule has 29 heavy (non-hydrogen) atoms. The maximum atomic E-state index is 10.9. The summed E-state index contributed by atoms with van der Waals surface area (Å²) in [6.45, 7) is 6.17. The first-order valence-electron chi connectivity index (χ1n) is 9.85. The number of methoxy groups -OCH3 is 2. The number of fused-ring (bicyclic) bond motifs is 2. The van der Waals surface area contributed by atoms with E-state index in [0.717, 1.165) is 50.1 Å². The Morgan fingerprint density at radius 3 is 2.38 bits per heavy atom. The van der Waals surface area contributed by atoms with Crippen molar-refractivity contribution in [1.82, 2.24) is 5.32 Å². The number of nitrogens with one attached hydrogen (secondary N) is 1. The maximum Gasteiger partial charge on any atom is 0.130 e. The average Bonchev–Trinajstić information content (AvgIpc) is 2.66. The third kappa shape index (κ3) is 3.06. The first-order valence-corrected chi connectivity index (χ1v) is 9.85. The van der Waals surface area contributed by atoms with Crippen LogP contribution in [0, 0.1) is 6.92 Å². The molecule has 3 N–H and O–H groups in total. The highest BCUT2D eigenvalue weighted by Crippen LogP contribution is 2.48. The van der Waals surface area contributed by atoms with E-state index in [1.807, 2.05) is 32.0 Å². The van der Waals surface area contributed by atoms with Crippen LogP contribution in [0.4, 0.5) is 0 Å². The van der Waals surface area contributed by atoms with Crippen molar-refractivity contribution in [2.24, 2.45) is 0 Å². The third-order valence-electron chi connectivity index (χ3n) is 5.80. The van der Waals surface area contributed by atoms with Crippen LogP contribution >= 0.6 is 0 Å². The molecule has 2 atom stereocenters. The van der Waals surface area contributed by atoms with Crippen LogP contribution in [0.25, 0.3) is 21.9 Å². The number of benzene rings is 3. The molecule has 3 aromatic carbocycles. The van der Waals surface area contributed by atoms with Crippen LogP contribution in [0.15, 0.2) is 30.3 Å². The van der Waals surface area contributed by atoms with E-state index in [9.17, 15) is 10.2 Å². The van der Waals surface area contributed by atoms with E-state index in [1.165, 1.54) is 6.07 Å². The molecule has 0 bridgehead atoms. The fraction of sp³-hybridized carbons (Fsp3) is 0.333. The van der Waals surface area contributed by atoms with Crippen molar-refractivity contribution in [2.45, 2.75) is 39.3 Å². The van der Waals surface area contributed by atoms with E-state index >= 15 is 0 Å². The SMILES string of the molecule is COc1ccc(-c2c(O)cc(O)c3c2CC(C)NC3C)c2cc(C)cc(OC)c12. The molecule has 0 amide bonds. The number of phenols is 2. The van der Waals surface area contributed by atoms with Crippen LogP contribution in [0.3, 0.4) is 0 Å². The Morgan fingerprint density at radius 2 is 1.69 bits per heavy atom. The van der Waals surface area contributed by atoms with Gasteiger partial charge in [-0.1, -0.05) is 6.07 Å². The highest BCUT2D eigenvalue weighted by molar-refractivity contribution is 6.05. The van der Waals surface area contributed by atoms with Gasteiger partial charge in [-0.05, 0) is 67.5 Å². The normalized spacial score (nSPS) is 18.5. The molecule has 0 spiro atoms. The summed E-state index contributed by atoms with van der Waals surface area (Å²) >= 11 is 0. The summed E-state index contributed by atoms with van der Waals surface area (Å²) in [6.07, 6.45) is 0.716. The standard InChI is InChI=1S/C24H27NO4/c1-12-8-16-15(6-7-20(28-4)24(16)21(9-12)29-5)23-17-10-13(2)25-14(3)22(17)18(26)11-19(23)27/h6-9,11,13-14,25-27H,10H2,1-5H3. The van der Waals surface area contributed by atoms with Crippen LogP contribution in [0.2, 0.25) is 0 Å². The van der Waals surface area contributed by atoms with Crippen LogP contribution in [0.1, 0.15) is 36.6 Å². The van der Waals surface area contributed by atoms with Gasteiger partial charge in [-0.15, -0.1) is 0 Å². The van der Waals surface area contributed by atoms with Gasteiger partial charge in [-0.25, -0.2) is 0 Å². The van der Waals surface area contributed by atoms with Crippen molar-refractivity contribution in [3.8, 4) is 34.1 Å². The Kier molecular flexibility index (Phi) is 4.79. The molecule has 152 valence electrons. The van der Waals surface area contributed by atoms with Gasteiger partial charge in [0.2, 0.25) is 0 Å². The molecule has 0 saturated heterocycles. The van der Waals surface area contributed by atoms with E-state index in [-0.39, 0.29) is 23.6 Å². The molecule has 5 nitrogen and oxygen atoms in total. The minimum absolute atomic E-state index is 0.00566. The lowest BCUT2D eigenvalue weighted by molar-refractivity contribution is 0.401. The summed E-state index contributed by atoms with van der Waals surface area (Å²) < 4.78 is 11.2. The van der Waals surface area contributed by atoms with E-state index in [2.05, 4.69) is 18.3 Å². The molecule has 1 aliphatic heterocycles. The van der Waals surface area contributed by atoms with Gasteiger partial charge in [0.05, 0.1) is 19.6 Å². The third-order valence-corrected chi connectivity index (χ3v) is 5.80. The van der Waals surface area contributed by atoms with Gasteiger partial charge in [-0.2, -0.15) is 0 Å². The second kappa shape index (κ2) is 7.16. The zero-order valence-corrected chi connectivity index (χ0v) is 17.5. The summed E-state index contributed by atoms with van der Waals surface area (Å²) in [4.78, 5) is 0. The summed E-state index contributed by atoms with van der Waals surface area (Å²) in [6, 6.07) is 9.63. The molecule has 0 aromatic heterocycles. The van der Waals surface area contributed by atoms with E-state index in [1.54, 1.807) is 14.2 Å². The number of rotatable bonds is 3. The number of hydrogen-bond acceptors (Lipinski definition) is 5. The van der Waals surface area contributed by atoms with Crippen LogP contribution in [-0.2, 0) is 6.42 Å². The molecular formula is C24H27NO4. The molecule has 5 heteroatoms. The highest BCUT2D eigenvalue weighted by atomic mass is 16.5. The van der Waals surface area contributed by atoms with Gasteiger partial charge >= 0.3 is 0 Å². The topological polar surface area (TPSA) is 71.0 Å². The molecule has 0 fully saturated rings. The first kappa shape index (κ1) is 19.4. The van der Waals surface area contributed by atoms with Crippen molar-refractivity contribution in [2.75, 3.05) is 14.2 Å². The number of aromatic hydroxyl groups is 2. The summed E-state index contributed by atoms with van der Waals surface area (Å²) in [5, 5.41) is 26.8. The number of aryl methyl sites for hydroxylation is 1. The number of hydrogen-bond donors (Lipinski definition) is 3. The summed E-state index contributed by atoms with van der Waals surface area (Å²) in [5.41, 5.74) is 4.54. The van der Waals surface area contributed by atoms with Crippen LogP contribution in [-0.4, -0.2) is 30.5 Å². The lowest BCUT2D eigenvalue weighted by Crippen LogP contribution is -2.36. The average molecular weight is 393 g/mol. The minimum Gasteiger partial charge on any atom is -0.507 e. The monoisotopic (exact) mass is 393 g/mol. The minimum atomic E-state index is -0.00566. The fourth-order valence-corrected chi connectivity index (χ4v) is 4.70. The lowest BCUT2D eigenvalue weighted by atomic mass is 9.83. The fourth-order valence-electron chi connectivity index (χ4n) is 4.70. The molecule has 2 unspecified atom stereocenters. The van der Waals surface area contributed by atoms with Gasteiger partial charge < -0.3 is 25.0 Å². The smallest absolute Gasteiger partial charge is 0.130 e. The first-order chi connectivity index (χ1) is 13.8. The summed E-state index contributed by atoms with van der Waals surface area (Å²) in [7, 11) is 3.29. The highest BCUT2D eigenvalue weighted by Gasteiger charge is 2.29. The predicted octanol–water partition coefficient (Wildman–Crippen LogP) is 4.84. The zero-order chi connectivity index (χ0) is 20.9. The van der Waals surface area contributed by atoms with E-state index < -0.39 is 0 Å². The molecule has 1 aliphatic rings. The molecule has 1 heterocycles. The number of ether oxygens (including phenoxy) is 2. The maximum absolute atomic E-state index is 10.9. The molecule has 4 rings (SSSR count). The quantitative estimate of drug-likeness (QED) is 0.594. The second-order valence-electron chi connectivity index (χ2n) is 7.88. The summed E-state index contributed by atoms with van der Waals surface area (Å²) in [5.74, 6) is 1.65. The van der Waals surface area contributed by atoms with Crippen molar-refractivity contribution in [1.29, 1.82) is 0 Å². The molecule has 3 aromatic rings. The van der Waals surface area contributed by atoms with E-state index in [0.29, 0.717) is 6.42 Å². The van der Waals surface area contributed by atoms with Crippen LogP contribution in [0.5, 0.6) is 23.0 Å². The zero-order valence-electron chi connectivity index (χ0n) is 17.5. The second-order valence-corrected chi connectivity index (χ2v) is 7.88. The van der Waals surface area contributed by atoms with Gasteiger partial charge in [0.25, 0.3) is 0 Å². The lowest BCUT2D eigenvalue weighted by Gasteiger charge is -2.32. The largest absolute Gasteiger partial charge is 0.507 e. The predicted molar refractivity (Wildman–Crippen MR) is 115 cm³/mol.